The van der Waals surface area contributed by atoms with Crippen LogP contribution in [0.3, 0.4) is 0 Å². The Kier molecular flexibility index (Phi) is 7.94. The van der Waals surface area contributed by atoms with Crippen LogP contribution >= 0.6 is 0 Å². The summed E-state index contributed by atoms with van der Waals surface area (Å²) in [5, 5.41) is 2.86. The fraction of sp³-hybridized carbons (Fsp3) is 0.346. The molecule has 1 unspecified atom stereocenters. The molecule has 190 valence electrons. The molecule has 2 aromatic carbocycles. The Morgan fingerprint density at radius 2 is 1.86 bits per heavy atom. The average molecular weight is 494 g/mol. The van der Waals surface area contributed by atoms with Gasteiger partial charge in [-0.15, -0.1) is 0 Å². The van der Waals surface area contributed by atoms with E-state index in [-0.39, 0.29) is 43.2 Å². The van der Waals surface area contributed by atoms with Gasteiger partial charge < -0.3 is 25.4 Å². The van der Waals surface area contributed by atoms with Gasteiger partial charge in [0.05, 0.1) is 13.1 Å². The van der Waals surface area contributed by atoms with Crippen LogP contribution in [-0.2, 0) is 17.9 Å². The van der Waals surface area contributed by atoms with Crippen molar-refractivity contribution in [3.8, 4) is 11.5 Å². The zero-order chi connectivity index (χ0) is 25.5. The van der Waals surface area contributed by atoms with Crippen molar-refractivity contribution < 1.29 is 14.3 Å². The number of carbonyl (C=O) groups excluding carboxylic acids is 1. The van der Waals surface area contributed by atoms with Gasteiger partial charge in [0.25, 0.3) is 5.56 Å². The molecular formula is C26H31N5O5. The average Bonchev–Trinajstić information content (AvgIpc) is 2.87. The molecule has 0 saturated heterocycles. The number of hydrogen-bond acceptors (Lipinski definition) is 7. The van der Waals surface area contributed by atoms with Crippen molar-refractivity contribution in [3.05, 3.63) is 81.0 Å². The van der Waals surface area contributed by atoms with Gasteiger partial charge in [-0.2, -0.15) is 0 Å². The smallest absolute Gasteiger partial charge is 0.330 e. The van der Waals surface area contributed by atoms with Crippen molar-refractivity contribution in [3.63, 3.8) is 0 Å². The maximum atomic E-state index is 13.0. The molecule has 0 radical (unpaired) electrons. The number of amides is 1. The summed E-state index contributed by atoms with van der Waals surface area (Å²) in [6.45, 7) is 3.02. The quantitative estimate of drug-likeness (QED) is 0.393. The molecule has 0 bridgehead atoms. The van der Waals surface area contributed by atoms with Crippen LogP contribution in [0, 0.1) is 0 Å². The highest BCUT2D eigenvalue weighted by molar-refractivity contribution is 5.82. The second-order valence-corrected chi connectivity index (χ2v) is 8.64. The maximum Gasteiger partial charge on any atom is 0.330 e. The number of rotatable bonds is 10. The van der Waals surface area contributed by atoms with Crippen LogP contribution in [0.2, 0.25) is 0 Å². The number of para-hydroxylation sites is 2. The van der Waals surface area contributed by atoms with Crippen molar-refractivity contribution in [1.29, 1.82) is 0 Å². The second-order valence-electron chi connectivity index (χ2n) is 8.64. The molecule has 10 nitrogen and oxygen atoms in total. The molecule has 4 rings (SSSR count). The summed E-state index contributed by atoms with van der Waals surface area (Å²) in [4.78, 5) is 42.2. The van der Waals surface area contributed by atoms with E-state index in [4.69, 9.17) is 15.2 Å². The number of nitrogens with zero attached hydrogens (tertiary/aromatic N) is 2. The first-order chi connectivity index (χ1) is 17.5. The van der Waals surface area contributed by atoms with E-state index in [0.717, 1.165) is 18.4 Å². The van der Waals surface area contributed by atoms with E-state index in [1.807, 2.05) is 61.5 Å². The van der Waals surface area contributed by atoms with Crippen LogP contribution in [-0.4, -0.2) is 41.3 Å². The summed E-state index contributed by atoms with van der Waals surface area (Å²) in [5.74, 6) is 1.02. The van der Waals surface area contributed by atoms with Gasteiger partial charge in [0.15, 0.2) is 11.5 Å². The van der Waals surface area contributed by atoms with Gasteiger partial charge in [0.2, 0.25) is 5.91 Å². The van der Waals surface area contributed by atoms with E-state index >= 15 is 0 Å². The van der Waals surface area contributed by atoms with Gasteiger partial charge in [-0.25, -0.2) is 4.79 Å². The van der Waals surface area contributed by atoms with Crippen LogP contribution in [0.1, 0.15) is 25.3 Å². The highest BCUT2D eigenvalue weighted by atomic mass is 16.6. The minimum absolute atomic E-state index is 0.0431. The summed E-state index contributed by atoms with van der Waals surface area (Å²) in [7, 11) is 0. The van der Waals surface area contributed by atoms with E-state index in [1.165, 1.54) is 4.57 Å². The van der Waals surface area contributed by atoms with E-state index in [2.05, 4.69) is 10.3 Å². The van der Waals surface area contributed by atoms with Gasteiger partial charge in [0, 0.05) is 13.1 Å². The Labute approximate surface area is 208 Å². The van der Waals surface area contributed by atoms with E-state index < -0.39 is 11.2 Å². The standard InChI is InChI=1S/C26H31N5O5/c1-2-3-13-31-24(27)23(25(33)29-26(31)34)30(15-18-9-5-4-6-10-18)16-22(32)28-14-19-17-35-20-11-7-8-12-21(20)36-19/h4-12,19H,2-3,13-17,27H2,1H3,(H,28,32)(H,29,33,34). The summed E-state index contributed by atoms with van der Waals surface area (Å²) >= 11 is 0. The number of nitrogen functional groups attached to an aromatic ring is 1. The van der Waals surface area contributed by atoms with Crippen LogP contribution in [0.4, 0.5) is 11.5 Å². The molecule has 3 aromatic rings. The molecule has 36 heavy (non-hydrogen) atoms. The lowest BCUT2D eigenvalue weighted by Crippen LogP contribution is -2.46. The minimum atomic E-state index is -0.630. The number of anilines is 2. The van der Waals surface area contributed by atoms with E-state index in [0.29, 0.717) is 24.7 Å². The summed E-state index contributed by atoms with van der Waals surface area (Å²) < 4.78 is 13.0. The zero-order valence-corrected chi connectivity index (χ0v) is 20.2. The first-order valence-corrected chi connectivity index (χ1v) is 12.0. The molecule has 2 heterocycles. The van der Waals surface area contributed by atoms with Crippen LogP contribution in [0.5, 0.6) is 11.5 Å². The number of carbonyl (C=O) groups is 1. The van der Waals surface area contributed by atoms with Crippen molar-refractivity contribution in [2.24, 2.45) is 0 Å². The maximum absolute atomic E-state index is 13.0. The fourth-order valence-electron chi connectivity index (χ4n) is 4.06. The molecule has 1 aromatic heterocycles. The molecule has 0 saturated carbocycles. The van der Waals surface area contributed by atoms with E-state index in [1.54, 1.807) is 4.90 Å². The SMILES string of the molecule is CCCCn1c(N)c(N(CC(=O)NCC2COc3ccccc3O2)Cc2ccccc2)c(=O)[nH]c1=O. The summed E-state index contributed by atoms with van der Waals surface area (Å²) in [5.41, 5.74) is 6.11. The Morgan fingerprint density at radius 1 is 1.14 bits per heavy atom. The number of nitrogens with one attached hydrogen (secondary N) is 2. The number of nitrogens with two attached hydrogens (primary N) is 1. The number of H-pyrrole nitrogens is 1. The normalized spacial score (nSPS) is 14.3. The van der Waals surface area contributed by atoms with E-state index in [9.17, 15) is 14.4 Å². The topological polar surface area (TPSA) is 132 Å². The Bertz CT molecular complexity index is 1300. The van der Waals surface area contributed by atoms with Crippen LogP contribution in [0.15, 0.2) is 64.2 Å². The molecule has 4 N–H and O–H groups in total. The lowest BCUT2D eigenvalue weighted by molar-refractivity contribution is -0.120. The van der Waals surface area contributed by atoms with Crippen molar-refractivity contribution >= 4 is 17.4 Å². The third-order valence-corrected chi connectivity index (χ3v) is 5.91. The van der Waals surface area contributed by atoms with Gasteiger partial charge in [0.1, 0.15) is 24.2 Å². The Hall–Kier alpha value is -4.21. The molecule has 0 aliphatic carbocycles. The van der Waals surface area contributed by atoms with Crippen molar-refractivity contribution in [2.45, 2.75) is 39.0 Å². The summed E-state index contributed by atoms with van der Waals surface area (Å²) in [6, 6.07) is 16.8. The number of hydrogen-bond donors (Lipinski definition) is 3. The van der Waals surface area contributed by atoms with Gasteiger partial charge in [-0.05, 0) is 24.1 Å². The molecule has 10 heteroatoms. The first kappa shape index (κ1) is 24.9. The molecule has 1 aliphatic rings. The largest absolute Gasteiger partial charge is 0.486 e. The fourth-order valence-corrected chi connectivity index (χ4v) is 4.06. The predicted octanol–water partition coefficient (Wildman–Crippen LogP) is 1.88. The lowest BCUT2D eigenvalue weighted by atomic mass is 10.2. The van der Waals surface area contributed by atoms with Gasteiger partial charge in [-0.3, -0.25) is 19.1 Å². The number of benzene rings is 2. The number of ether oxygens (including phenoxy) is 2. The monoisotopic (exact) mass is 493 g/mol. The minimum Gasteiger partial charge on any atom is -0.486 e. The molecule has 1 atom stereocenters. The van der Waals surface area contributed by atoms with Gasteiger partial charge >= 0.3 is 5.69 Å². The van der Waals surface area contributed by atoms with Gasteiger partial charge in [-0.1, -0.05) is 55.8 Å². The third-order valence-electron chi connectivity index (χ3n) is 5.91. The number of fused-ring (bicyclic) bond motifs is 1. The summed E-state index contributed by atoms with van der Waals surface area (Å²) in [6.07, 6.45) is 1.23. The third kappa shape index (κ3) is 5.88. The van der Waals surface area contributed by atoms with Crippen molar-refractivity contribution in [1.82, 2.24) is 14.9 Å². The predicted molar refractivity (Wildman–Crippen MR) is 137 cm³/mol. The molecular weight excluding hydrogens is 462 g/mol. The zero-order valence-electron chi connectivity index (χ0n) is 20.2. The lowest BCUT2D eigenvalue weighted by Gasteiger charge is -2.28. The highest BCUT2D eigenvalue weighted by Crippen LogP contribution is 2.30. The molecule has 1 amide bonds. The van der Waals surface area contributed by atoms with Crippen molar-refractivity contribution in [2.75, 3.05) is 30.3 Å². The van der Waals surface area contributed by atoms with Crippen LogP contribution < -0.4 is 36.7 Å². The number of unbranched alkanes of at least 4 members (excludes halogenated alkanes) is 1. The highest BCUT2D eigenvalue weighted by Gasteiger charge is 2.24. The first-order valence-electron chi connectivity index (χ1n) is 12.0. The number of aromatic amines is 1. The Morgan fingerprint density at radius 3 is 2.61 bits per heavy atom. The molecule has 0 spiro atoms. The Balaban J connectivity index is 1.52. The second kappa shape index (κ2) is 11.5. The molecule has 0 fully saturated rings. The number of aromatic nitrogens is 2. The molecule has 1 aliphatic heterocycles. The van der Waals surface area contributed by atoms with Crippen LogP contribution in [0.25, 0.3) is 0 Å².